The molecule has 4 fully saturated rings. The Hall–Kier alpha value is -1.34. The molecule has 47 heavy (non-hydrogen) atoms. The number of hydrogen-bond acceptors (Lipinski definition) is 11. The van der Waals surface area contributed by atoms with Gasteiger partial charge in [-0.2, -0.15) is 15.0 Å². The normalized spacial score (nSPS) is 25.5. The first-order valence-electron chi connectivity index (χ1n) is 18.2. The van der Waals surface area contributed by atoms with E-state index in [9.17, 15) is 0 Å². The first-order valence-corrected chi connectivity index (χ1v) is 18.6. The van der Waals surface area contributed by atoms with E-state index in [1.807, 2.05) is 0 Å². The molecule has 0 atom stereocenters. The van der Waals surface area contributed by atoms with Crippen LogP contribution in [0.5, 0.6) is 0 Å². The minimum Gasteiger partial charge on any atom is -0.379 e. The van der Waals surface area contributed by atoms with Crippen LogP contribution in [0.1, 0.15) is 93.9 Å². The molecule has 4 saturated heterocycles. The first kappa shape index (κ1) is 36.9. The Balaban J connectivity index is 1.44. The zero-order valence-corrected chi connectivity index (χ0v) is 31.5. The molecule has 5 rings (SSSR count). The lowest BCUT2D eigenvalue weighted by atomic mass is 9.79. The van der Waals surface area contributed by atoms with Gasteiger partial charge in [-0.15, -0.1) is 0 Å². The number of morpholine rings is 2. The minimum atomic E-state index is -0.00762. The highest BCUT2D eigenvalue weighted by Crippen LogP contribution is 2.36. The second-order valence-corrected chi connectivity index (χ2v) is 17.5. The molecule has 11 nitrogen and oxygen atoms in total. The van der Waals surface area contributed by atoms with E-state index in [4.69, 9.17) is 36.0 Å². The molecule has 1 aromatic heterocycles. The van der Waals surface area contributed by atoms with Gasteiger partial charge in [0.15, 0.2) is 0 Å². The van der Waals surface area contributed by atoms with Crippen molar-refractivity contribution >= 4 is 23.5 Å². The Morgan fingerprint density at radius 2 is 0.957 bits per heavy atom. The zero-order chi connectivity index (χ0) is 33.9. The Labute approximate surface area is 289 Å². The molecule has 4 aliphatic heterocycles. The average Bonchev–Trinajstić information content (AvgIpc) is 2.95. The van der Waals surface area contributed by atoms with E-state index in [0.29, 0.717) is 11.9 Å². The molecule has 0 spiro atoms. The van der Waals surface area contributed by atoms with Crippen LogP contribution in [-0.4, -0.2) is 138 Å². The summed E-state index contributed by atoms with van der Waals surface area (Å²) in [5.74, 6) is 1.43. The summed E-state index contributed by atoms with van der Waals surface area (Å²) in [6.07, 6.45) is 6.09. The zero-order valence-electron chi connectivity index (χ0n) is 30.7. The SMILES string of the molecule is CC1(C)CC(N(CCCN2CCOCC2)c2nc(Cl)nc(N(CCCN3CCOCC3)C3CC(C)(C)NC(C)(C)C3)n2)CC(C)(C)N1. The topological polar surface area (TPSA) is 94.2 Å². The lowest BCUT2D eigenvalue weighted by Gasteiger charge is -2.50. The van der Waals surface area contributed by atoms with Gasteiger partial charge in [-0.1, -0.05) is 0 Å². The molecule has 0 bridgehead atoms. The van der Waals surface area contributed by atoms with Crippen LogP contribution in [0, 0.1) is 0 Å². The van der Waals surface area contributed by atoms with Crippen LogP contribution in [0.3, 0.4) is 0 Å². The van der Waals surface area contributed by atoms with Gasteiger partial charge in [0.1, 0.15) is 0 Å². The van der Waals surface area contributed by atoms with Gasteiger partial charge in [0.2, 0.25) is 17.2 Å². The maximum absolute atomic E-state index is 6.87. The van der Waals surface area contributed by atoms with Gasteiger partial charge in [-0.25, -0.2) is 0 Å². The highest BCUT2D eigenvalue weighted by Gasteiger charge is 2.43. The summed E-state index contributed by atoms with van der Waals surface area (Å²) in [5, 5.41) is 8.02. The van der Waals surface area contributed by atoms with Crippen molar-refractivity contribution in [3.8, 4) is 0 Å². The van der Waals surface area contributed by atoms with E-state index >= 15 is 0 Å². The summed E-state index contributed by atoms with van der Waals surface area (Å²) >= 11 is 6.87. The first-order chi connectivity index (χ1) is 22.1. The predicted octanol–water partition coefficient (Wildman–Crippen LogP) is 4.20. The number of ether oxygens (including phenoxy) is 2. The molecule has 0 aromatic carbocycles. The highest BCUT2D eigenvalue weighted by molar-refractivity contribution is 6.28. The second kappa shape index (κ2) is 15.3. The van der Waals surface area contributed by atoms with Crippen molar-refractivity contribution in [2.24, 2.45) is 0 Å². The van der Waals surface area contributed by atoms with E-state index in [0.717, 1.165) is 117 Å². The van der Waals surface area contributed by atoms with Crippen molar-refractivity contribution in [1.29, 1.82) is 0 Å². The lowest BCUT2D eigenvalue weighted by Crippen LogP contribution is -2.63. The number of rotatable bonds is 12. The molecule has 268 valence electrons. The molecule has 0 amide bonds. The Morgan fingerprint density at radius 3 is 1.30 bits per heavy atom. The van der Waals surface area contributed by atoms with Crippen molar-refractivity contribution in [1.82, 2.24) is 35.4 Å². The van der Waals surface area contributed by atoms with Crippen LogP contribution >= 0.6 is 11.6 Å². The molecule has 1 aromatic rings. The van der Waals surface area contributed by atoms with Gasteiger partial charge in [0, 0.05) is 86.6 Å². The molecule has 0 radical (unpaired) electrons. The van der Waals surface area contributed by atoms with Crippen LogP contribution in [0.4, 0.5) is 11.9 Å². The standard InChI is InChI=1S/C35H64ClN9O2/c1-32(2)23-27(24-33(3,4)40-32)44(13-9-11-42-15-19-46-20-16-42)30-37-29(36)38-31(39-30)45(14-10-12-43-17-21-47-22-18-43)28-25-34(5,6)41-35(7,8)26-28/h27-28,40-41H,9-26H2,1-8H3. The van der Waals surface area contributed by atoms with Crippen LogP contribution in [-0.2, 0) is 9.47 Å². The Morgan fingerprint density at radius 1 is 0.617 bits per heavy atom. The van der Waals surface area contributed by atoms with Crippen LogP contribution in [0.15, 0.2) is 0 Å². The van der Waals surface area contributed by atoms with E-state index in [2.05, 4.69) is 85.6 Å². The molecule has 5 heterocycles. The Bertz CT molecular complexity index is 1040. The number of nitrogens with zero attached hydrogens (tertiary/aromatic N) is 7. The van der Waals surface area contributed by atoms with Crippen molar-refractivity contribution in [3.05, 3.63) is 5.28 Å². The van der Waals surface area contributed by atoms with Crippen LogP contribution < -0.4 is 20.4 Å². The molecular weight excluding hydrogens is 614 g/mol. The number of aromatic nitrogens is 3. The third-order valence-corrected chi connectivity index (χ3v) is 10.4. The van der Waals surface area contributed by atoms with Crippen LogP contribution in [0.2, 0.25) is 5.28 Å². The van der Waals surface area contributed by atoms with Gasteiger partial charge in [0.05, 0.1) is 26.4 Å². The molecule has 2 N–H and O–H groups in total. The third kappa shape index (κ3) is 10.8. The summed E-state index contributed by atoms with van der Waals surface area (Å²) in [6.45, 7) is 29.6. The molecule has 12 heteroatoms. The quantitative estimate of drug-likeness (QED) is 0.334. The summed E-state index contributed by atoms with van der Waals surface area (Å²) in [6, 6.07) is 0.563. The van der Waals surface area contributed by atoms with Crippen LogP contribution in [0.25, 0.3) is 0 Å². The minimum absolute atomic E-state index is 0.00762. The highest BCUT2D eigenvalue weighted by atomic mass is 35.5. The molecule has 0 aliphatic carbocycles. The average molecular weight is 678 g/mol. The second-order valence-electron chi connectivity index (χ2n) is 17.1. The summed E-state index contributed by atoms with van der Waals surface area (Å²) in [4.78, 5) is 25.0. The number of anilines is 2. The number of nitrogens with one attached hydrogen (secondary N) is 2. The number of piperidine rings is 2. The molecular formula is C35H64ClN9O2. The summed E-state index contributed by atoms with van der Waals surface area (Å²) in [5.41, 5.74) is -0.0305. The van der Waals surface area contributed by atoms with Gasteiger partial charge < -0.3 is 29.9 Å². The van der Waals surface area contributed by atoms with E-state index in [1.165, 1.54) is 0 Å². The van der Waals surface area contributed by atoms with Gasteiger partial charge in [-0.3, -0.25) is 9.80 Å². The number of hydrogen-bond donors (Lipinski definition) is 2. The maximum atomic E-state index is 6.87. The molecule has 4 aliphatic rings. The van der Waals surface area contributed by atoms with Crippen molar-refractivity contribution in [2.75, 3.05) is 88.6 Å². The Kier molecular flexibility index (Phi) is 12.0. The monoisotopic (exact) mass is 677 g/mol. The lowest BCUT2D eigenvalue weighted by molar-refractivity contribution is 0.0374. The smallest absolute Gasteiger partial charge is 0.231 e. The predicted molar refractivity (Wildman–Crippen MR) is 192 cm³/mol. The van der Waals surface area contributed by atoms with Crippen molar-refractivity contribution < 1.29 is 9.47 Å². The molecule has 0 saturated carbocycles. The van der Waals surface area contributed by atoms with E-state index in [1.54, 1.807) is 0 Å². The largest absolute Gasteiger partial charge is 0.379 e. The van der Waals surface area contributed by atoms with Gasteiger partial charge >= 0.3 is 0 Å². The van der Waals surface area contributed by atoms with E-state index in [-0.39, 0.29) is 39.5 Å². The third-order valence-electron chi connectivity index (χ3n) is 10.3. The van der Waals surface area contributed by atoms with Gasteiger partial charge in [-0.05, 0) is 106 Å². The fraction of sp³-hybridized carbons (Fsp3) is 0.914. The van der Waals surface area contributed by atoms with Crippen molar-refractivity contribution in [2.45, 2.75) is 128 Å². The number of halogens is 1. The van der Waals surface area contributed by atoms with Gasteiger partial charge in [0.25, 0.3) is 0 Å². The maximum Gasteiger partial charge on any atom is 0.231 e. The van der Waals surface area contributed by atoms with Crippen molar-refractivity contribution in [3.63, 3.8) is 0 Å². The molecule has 0 unspecified atom stereocenters. The summed E-state index contributed by atoms with van der Waals surface area (Å²) < 4.78 is 11.2. The summed E-state index contributed by atoms with van der Waals surface area (Å²) in [7, 11) is 0. The van der Waals surface area contributed by atoms with E-state index < -0.39 is 0 Å². The fourth-order valence-electron chi connectivity index (χ4n) is 9.03. The fourth-order valence-corrected chi connectivity index (χ4v) is 9.19.